The van der Waals surface area contributed by atoms with Gasteiger partial charge in [0.05, 0.1) is 11.5 Å². The second kappa shape index (κ2) is 10.3. The normalized spacial score (nSPS) is 14.2. The lowest BCUT2D eigenvalue weighted by molar-refractivity contribution is -0.298. The van der Waals surface area contributed by atoms with Crippen molar-refractivity contribution in [3.8, 4) is 11.5 Å². The maximum absolute atomic E-state index is 12.4. The fourth-order valence-electron chi connectivity index (χ4n) is 4.85. The van der Waals surface area contributed by atoms with Crippen LogP contribution in [0.3, 0.4) is 0 Å². The molecule has 8 heteroatoms. The number of rotatable bonds is 8. The van der Waals surface area contributed by atoms with Gasteiger partial charge in [-0.2, -0.15) is 0 Å². The Balaban J connectivity index is 2.05. The number of hydrogen-bond acceptors (Lipinski definition) is 7. The van der Waals surface area contributed by atoms with Gasteiger partial charge in [0.25, 0.3) is 0 Å². The van der Waals surface area contributed by atoms with E-state index in [9.17, 15) is 24.6 Å². The predicted octanol–water partition coefficient (Wildman–Crippen LogP) is 3.56. The van der Waals surface area contributed by atoms with Crippen LogP contribution >= 0.6 is 0 Å². The largest absolute Gasteiger partial charge is 0.545 e. The van der Waals surface area contributed by atoms with Crippen molar-refractivity contribution in [3.05, 3.63) is 76.4 Å². The number of ketones is 1. The van der Waals surface area contributed by atoms with E-state index in [-0.39, 0.29) is 11.1 Å². The standard InChI is InChI=1S/C29H30N2O6/c1-5-30(6-2)17-9-11-19-25(13-17)37-26-14-18(31(7-3)8-4)10-12-20(26)27(19)21-15-23(29(35)36)24(32)16-22(21)28(33)34/h9-16H,5-8H2,1-4H3,(H,33,34)(H,35,36)/p-1. The Labute approximate surface area is 215 Å². The summed E-state index contributed by atoms with van der Waals surface area (Å²) in [5.74, 6) is -2.88. The van der Waals surface area contributed by atoms with Crippen LogP contribution in [-0.4, -0.2) is 49.0 Å². The zero-order chi connectivity index (χ0) is 26.9. The molecule has 0 radical (unpaired) electrons. The molecular formula is C29H29N2O6-. The summed E-state index contributed by atoms with van der Waals surface area (Å²) in [7, 11) is 0. The van der Waals surface area contributed by atoms with E-state index in [1.165, 1.54) is 0 Å². The summed E-state index contributed by atoms with van der Waals surface area (Å²) in [5.41, 5.74) is 2.79. The first kappa shape index (κ1) is 25.8. The number of carboxylic acids is 2. The van der Waals surface area contributed by atoms with E-state index in [1.54, 1.807) is 0 Å². The third-order valence-corrected chi connectivity index (χ3v) is 6.79. The zero-order valence-corrected chi connectivity index (χ0v) is 21.3. The van der Waals surface area contributed by atoms with Gasteiger partial charge in [-0.15, -0.1) is 0 Å². The summed E-state index contributed by atoms with van der Waals surface area (Å²) in [6, 6.07) is 11.3. The SMILES string of the molecule is CCN(CC)c1ccc2c(c1)Oc1cc(N(CC)CC)ccc1C2=C1C=C(C(=O)[O-])C(=O)C=C1C(=O)O. The Morgan fingerprint density at radius 1 is 0.811 bits per heavy atom. The van der Waals surface area contributed by atoms with Gasteiger partial charge >= 0.3 is 5.97 Å². The molecule has 8 nitrogen and oxygen atoms in total. The van der Waals surface area contributed by atoms with Crippen molar-refractivity contribution in [2.45, 2.75) is 27.7 Å². The topological polar surface area (TPSA) is 110 Å². The molecule has 0 unspecified atom stereocenters. The summed E-state index contributed by atoms with van der Waals surface area (Å²) in [6.07, 6.45) is 1.95. The molecular weight excluding hydrogens is 472 g/mol. The van der Waals surface area contributed by atoms with Crippen molar-refractivity contribution in [1.29, 1.82) is 0 Å². The number of ether oxygens (including phenoxy) is 1. The van der Waals surface area contributed by atoms with Crippen LogP contribution in [-0.2, 0) is 14.4 Å². The first-order chi connectivity index (χ1) is 17.7. The molecule has 2 aromatic rings. The van der Waals surface area contributed by atoms with Crippen molar-refractivity contribution in [2.24, 2.45) is 0 Å². The van der Waals surface area contributed by atoms with Gasteiger partial charge in [-0.25, -0.2) is 4.79 Å². The highest BCUT2D eigenvalue weighted by molar-refractivity contribution is 6.25. The van der Waals surface area contributed by atoms with Gasteiger partial charge in [0.15, 0.2) is 5.78 Å². The molecule has 1 aliphatic carbocycles. The Morgan fingerprint density at radius 3 is 1.70 bits per heavy atom. The molecule has 192 valence electrons. The molecule has 0 fully saturated rings. The van der Waals surface area contributed by atoms with E-state index >= 15 is 0 Å². The van der Waals surface area contributed by atoms with Crippen molar-refractivity contribution < 1.29 is 29.3 Å². The molecule has 2 aliphatic rings. The van der Waals surface area contributed by atoms with Gasteiger partial charge in [-0.3, -0.25) is 4.79 Å². The van der Waals surface area contributed by atoms with Crippen LogP contribution in [0.25, 0.3) is 5.57 Å². The number of benzene rings is 2. The quantitative estimate of drug-likeness (QED) is 0.467. The highest BCUT2D eigenvalue weighted by Crippen LogP contribution is 2.49. The molecule has 0 amide bonds. The van der Waals surface area contributed by atoms with Crippen LogP contribution in [0, 0.1) is 0 Å². The fraction of sp³-hybridized carbons (Fsp3) is 0.276. The van der Waals surface area contributed by atoms with Gasteiger partial charge in [0, 0.05) is 78.0 Å². The van der Waals surface area contributed by atoms with Crippen LogP contribution in [0.15, 0.2) is 65.3 Å². The molecule has 0 saturated carbocycles. The first-order valence-electron chi connectivity index (χ1n) is 12.4. The molecule has 0 bridgehead atoms. The van der Waals surface area contributed by atoms with Crippen LogP contribution in [0.4, 0.5) is 11.4 Å². The molecule has 4 rings (SSSR count). The minimum Gasteiger partial charge on any atom is -0.545 e. The Bertz CT molecular complexity index is 1310. The average molecular weight is 502 g/mol. The van der Waals surface area contributed by atoms with Crippen LogP contribution in [0.1, 0.15) is 38.8 Å². The van der Waals surface area contributed by atoms with Crippen molar-refractivity contribution >= 4 is 34.7 Å². The summed E-state index contributed by atoms with van der Waals surface area (Å²) >= 11 is 0. The molecule has 1 N–H and O–H groups in total. The molecule has 0 spiro atoms. The minimum atomic E-state index is -1.66. The first-order valence-corrected chi connectivity index (χ1v) is 12.4. The third kappa shape index (κ3) is 4.62. The van der Waals surface area contributed by atoms with Crippen LogP contribution < -0.4 is 19.6 Å². The van der Waals surface area contributed by atoms with E-state index < -0.39 is 23.3 Å². The van der Waals surface area contributed by atoms with Gasteiger partial charge in [0.1, 0.15) is 11.5 Å². The number of nitrogens with zero attached hydrogens (tertiary/aromatic N) is 2. The maximum Gasteiger partial charge on any atom is 0.336 e. The zero-order valence-electron chi connectivity index (χ0n) is 21.3. The number of aliphatic carboxylic acids is 2. The number of hydrogen-bond donors (Lipinski definition) is 1. The minimum absolute atomic E-state index is 0.114. The summed E-state index contributed by atoms with van der Waals surface area (Å²) < 4.78 is 6.38. The molecule has 1 aliphatic heterocycles. The number of carbonyl (C=O) groups is 3. The summed E-state index contributed by atoms with van der Waals surface area (Å²) in [6.45, 7) is 11.4. The highest BCUT2D eigenvalue weighted by atomic mass is 16.5. The molecule has 2 aromatic carbocycles. The molecule has 0 atom stereocenters. The van der Waals surface area contributed by atoms with Crippen molar-refractivity contribution in [3.63, 3.8) is 0 Å². The van der Waals surface area contributed by atoms with Gasteiger partial charge in [-0.1, -0.05) is 0 Å². The lowest BCUT2D eigenvalue weighted by atomic mass is 9.83. The van der Waals surface area contributed by atoms with Gasteiger partial charge < -0.3 is 29.5 Å². The van der Waals surface area contributed by atoms with Gasteiger partial charge in [-0.05, 0) is 63.6 Å². The van der Waals surface area contributed by atoms with E-state index in [0.717, 1.165) is 49.7 Å². The second-order valence-electron chi connectivity index (χ2n) is 8.67. The Morgan fingerprint density at radius 2 is 1.30 bits per heavy atom. The average Bonchev–Trinajstić information content (AvgIpc) is 2.88. The van der Waals surface area contributed by atoms with Crippen LogP contribution in [0.5, 0.6) is 11.5 Å². The third-order valence-electron chi connectivity index (χ3n) is 6.79. The number of fused-ring (bicyclic) bond motifs is 2. The smallest absolute Gasteiger partial charge is 0.336 e. The maximum atomic E-state index is 12.4. The number of carboxylic acid groups (broad SMARTS) is 2. The highest BCUT2D eigenvalue weighted by Gasteiger charge is 2.31. The van der Waals surface area contributed by atoms with E-state index in [4.69, 9.17) is 4.74 Å². The fourth-order valence-corrected chi connectivity index (χ4v) is 4.85. The number of anilines is 2. The predicted molar refractivity (Wildman–Crippen MR) is 140 cm³/mol. The monoisotopic (exact) mass is 501 g/mol. The Hall–Kier alpha value is -4.33. The lowest BCUT2D eigenvalue weighted by Gasteiger charge is -2.30. The second-order valence-corrected chi connectivity index (χ2v) is 8.67. The number of allylic oxidation sites excluding steroid dienone is 2. The van der Waals surface area contributed by atoms with Crippen molar-refractivity contribution in [1.82, 2.24) is 0 Å². The molecule has 1 heterocycles. The van der Waals surface area contributed by atoms with E-state index in [0.29, 0.717) is 28.2 Å². The van der Waals surface area contributed by atoms with Crippen molar-refractivity contribution in [2.75, 3.05) is 36.0 Å². The summed E-state index contributed by atoms with van der Waals surface area (Å²) in [5, 5.41) is 21.6. The van der Waals surface area contributed by atoms with E-state index in [1.807, 2.05) is 36.4 Å². The van der Waals surface area contributed by atoms with Gasteiger partial charge in [0.2, 0.25) is 0 Å². The number of carbonyl (C=O) groups excluding carboxylic acids is 2. The Kier molecular flexibility index (Phi) is 7.20. The lowest BCUT2D eigenvalue weighted by Crippen LogP contribution is -2.30. The van der Waals surface area contributed by atoms with Crippen LogP contribution in [0.2, 0.25) is 0 Å². The molecule has 37 heavy (non-hydrogen) atoms. The summed E-state index contributed by atoms with van der Waals surface area (Å²) in [4.78, 5) is 40.6. The molecule has 0 saturated heterocycles. The molecule has 0 aromatic heterocycles. The van der Waals surface area contributed by atoms with E-state index in [2.05, 4.69) is 37.5 Å².